The second-order valence-corrected chi connectivity index (χ2v) is 8.13. The molecular weight excluding hydrogens is 384 g/mol. The van der Waals surface area contributed by atoms with Gasteiger partial charge in [0.1, 0.15) is 11.3 Å². The standard InChI is InChI=1S/C21H26N6OS/c1-16-19(29-20(24-16)17-6-4-3-5-7-17)14-23-21(22-2)27-11-9-26(10-12-27)15-18-8-13-28-25-18/h3-8,13H,9-12,14-15H2,1-2H3,(H,22,23). The normalized spacial score (nSPS) is 15.7. The van der Waals surface area contributed by atoms with Crippen molar-refractivity contribution in [3.8, 4) is 10.6 Å². The van der Waals surface area contributed by atoms with Crippen LogP contribution in [-0.4, -0.2) is 59.1 Å². The van der Waals surface area contributed by atoms with Crippen molar-refractivity contribution in [2.24, 2.45) is 4.99 Å². The molecule has 0 radical (unpaired) electrons. The van der Waals surface area contributed by atoms with E-state index in [0.717, 1.165) is 61.6 Å². The van der Waals surface area contributed by atoms with Crippen molar-refractivity contribution < 1.29 is 4.52 Å². The minimum atomic E-state index is 0.738. The van der Waals surface area contributed by atoms with Gasteiger partial charge in [0.2, 0.25) is 0 Å². The summed E-state index contributed by atoms with van der Waals surface area (Å²) in [5.74, 6) is 0.945. The Bertz CT molecular complexity index is 930. The molecule has 29 heavy (non-hydrogen) atoms. The Hall–Kier alpha value is -2.71. The molecule has 0 spiro atoms. The van der Waals surface area contributed by atoms with Crippen molar-refractivity contribution >= 4 is 17.3 Å². The molecule has 3 heterocycles. The van der Waals surface area contributed by atoms with E-state index in [2.05, 4.69) is 44.3 Å². The number of hydrogen-bond donors (Lipinski definition) is 1. The molecule has 0 bridgehead atoms. The Morgan fingerprint density at radius 2 is 1.97 bits per heavy atom. The Kier molecular flexibility index (Phi) is 6.21. The average Bonchev–Trinajstić information content (AvgIpc) is 3.40. The van der Waals surface area contributed by atoms with E-state index in [1.54, 1.807) is 17.6 Å². The topological polar surface area (TPSA) is 69.8 Å². The van der Waals surface area contributed by atoms with Crippen LogP contribution < -0.4 is 5.32 Å². The summed E-state index contributed by atoms with van der Waals surface area (Å²) in [5, 5.41) is 8.59. The van der Waals surface area contributed by atoms with Crippen molar-refractivity contribution in [2.45, 2.75) is 20.0 Å². The smallest absolute Gasteiger partial charge is 0.194 e. The highest BCUT2D eigenvalue weighted by molar-refractivity contribution is 7.15. The van der Waals surface area contributed by atoms with Crippen molar-refractivity contribution in [2.75, 3.05) is 33.2 Å². The molecule has 0 amide bonds. The van der Waals surface area contributed by atoms with E-state index < -0.39 is 0 Å². The molecule has 1 aromatic carbocycles. The fourth-order valence-electron chi connectivity index (χ4n) is 3.45. The third kappa shape index (κ3) is 4.83. The molecule has 7 nitrogen and oxygen atoms in total. The number of aromatic nitrogens is 2. The quantitative estimate of drug-likeness (QED) is 0.515. The number of aliphatic imine (C=N–C) groups is 1. The Morgan fingerprint density at radius 3 is 2.66 bits per heavy atom. The number of hydrogen-bond acceptors (Lipinski definition) is 6. The molecule has 1 saturated heterocycles. The summed E-state index contributed by atoms with van der Waals surface area (Å²) in [6, 6.07) is 12.3. The molecule has 1 aliphatic rings. The molecule has 0 unspecified atom stereocenters. The number of nitrogens with zero attached hydrogens (tertiary/aromatic N) is 5. The summed E-state index contributed by atoms with van der Waals surface area (Å²) in [7, 11) is 1.85. The van der Waals surface area contributed by atoms with E-state index in [0.29, 0.717) is 0 Å². The first-order chi connectivity index (χ1) is 14.2. The molecule has 0 saturated carbocycles. The predicted octanol–water partition coefficient (Wildman–Crippen LogP) is 3.00. The maximum absolute atomic E-state index is 4.93. The lowest BCUT2D eigenvalue weighted by atomic mass is 10.2. The van der Waals surface area contributed by atoms with E-state index >= 15 is 0 Å². The fourth-order valence-corrected chi connectivity index (χ4v) is 4.46. The summed E-state index contributed by atoms with van der Waals surface area (Å²) in [5.41, 5.74) is 3.23. The average molecular weight is 411 g/mol. The van der Waals surface area contributed by atoms with Crippen LogP contribution in [0.5, 0.6) is 0 Å². The van der Waals surface area contributed by atoms with Crippen LogP contribution in [0.2, 0.25) is 0 Å². The van der Waals surface area contributed by atoms with Gasteiger partial charge in [-0.2, -0.15) is 0 Å². The Labute approximate surface area is 175 Å². The van der Waals surface area contributed by atoms with Gasteiger partial charge in [0, 0.05) is 56.3 Å². The predicted molar refractivity (Wildman–Crippen MR) is 116 cm³/mol. The Balaban J connectivity index is 1.32. The van der Waals surface area contributed by atoms with Gasteiger partial charge in [0.25, 0.3) is 0 Å². The van der Waals surface area contributed by atoms with Gasteiger partial charge in [-0.25, -0.2) is 4.98 Å². The van der Waals surface area contributed by atoms with E-state index in [4.69, 9.17) is 9.51 Å². The van der Waals surface area contributed by atoms with Gasteiger partial charge < -0.3 is 14.7 Å². The zero-order valence-electron chi connectivity index (χ0n) is 16.8. The van der Waals surface area contributed by atoms with Gasteiger partial charge in [-0.3, -0.25) is 9.89 Å². The van der Waals surface area contributed by atoms with Crippen LogP contribution in [0.3, 0.4) is 0 Å². The van der Waals surface area contributed by atoms with Gasteiger partial charge in [0.05, 0.1) is 17.9 Å². The molecule has 1 fully saturated rings. The maximum atomic E-state index is 4.93. The number of piperazine rings is 1. The first kappa shape index (κ1) is 19.6. The summed E-state index contributed by atoms with van der Waals surface area (Å²) < 4.78 is 4.93. The number of nitrogens with one attached hydrogen (secondary N) is 1. The third-order valence-electron chi connectivity index (χ3n) is 5.08. The first-order valence-corrected chi connectivity index (χ1v) is 10.6. The second kappa shape index (κ2) is 9.19. The Morgan fingerprint density at radius 1 is 1.17 bits per heavy atom. The molecule has 0 aliphatic carbocycles. The van der Waals surface area contributed by atoms with Gasteiger partial charge in [-0.1, -0.05) is 35.5 Å². The van der Waals surface area contributed by atoms with Crippen LogP contribution in [0, 0.1) is 6.92 Å². The number of aryl methyl sites for hydroxylation is 1. The molecule has 0 atom stereocenters. The lowest BCUT2D eigenvalue weighted by Gasteiger charge is -2.36. The van der Waals surface area contributed by atoms with Crippen LogP contribution >= 0.6 is 11.3 Å². The van der Waals surface area contributed by atoms with E-state index in [1.807, 2.05) is 31.3 Å². The molecule has 3 aromatic rings. The lowest BCUT2D eigenvalue weighted by Crippen LogP contribution is -2.52. The van der Waals surface area contributed by atoms with Crippen molar-refractivity contribution in [1.29, 1.82) is 0 Å². The minimum Gasteiger partial charge on any atom is -0.364 e. The van der Waals surface area contributed by atoms with Crippen LogP contribution in [0.25, 0.3) is 10.6 Å². The van der Waals surface area contributed by atoms with Crippen LogP contribution in [0.4, 0.5) is 0 Å². The van der Waals surface area contributed by atoms with Crippen LogP contribution in [0.1, 0.15) is 16.3 Å². The summed E-state index contributed by atoms with van der Waals surface area (Å²) in [6.07, 6.45) is 1.63. The summed E-state index contributed by atoms with van der Waals surface area (Å²) in [4.78, 5) is 15.2. The monoisotopic (exact) mass is 410 g/mol. The first-order valence-electron chi connectivity index (χ1n) is 9.82. The third-order valence-corrected chi connectivity index (χ3v) is 6.29. The molecule has 8 heteroatoms. The molecule has 4 rings (SSSR count). The molecule has 152 valence electrons. The highest BCUT2D eigenvalue weighted by atomic mass is 32.1. The van der Waals surface area contributed by atoms with Gasteiger partial charge in [0.15, 0.2) is 5.96 Å². The SMILES string of the molecule is CN=C(NCc1sc(-c2ccccc2)nc1C)N1CCN(Cc2ccon2)CC1. The minimum absolute atomic E-state index is 0.738. The van der Waals surface area contributed by atoms with Gasteiger partial charge in [-0.05, 0) is 6.92 Å². The van der Waals surface area contributed by atoms with E-state index in [-0.39, 0.29) is 0 Å². The van der Waals surface area contributed by atoms with E-state index in [1.165, 1.54) is 10.4 Å². The zero-order chi connectivity index (χ0) is 20.1. The van der Waals surface area contributed by atoms with Crippen LogP contribution in [0.15, 0.2) is 52.2 Å². The molecule has 1 N–H and O–H groups in total. The largest absolute Gasteiger partial charge is 0.364 e. The second-order valence-electron chi connectivity index (χ2n) is 7.05. The highest BCUT2D eigenvalue weighted by Gasteiger charge is 2.20. The fraction of sp³-hybridized carbons (Fsp3) is 0.381. The highest BCUT2D eigenvalue weighted by Crippen LogP contribution is 2.27. The number of guanidine groups is 1. The van der Waals surface area contributed by atoms with Crippen LogP contribution in [-0.2, 0) is 13.1 Å². The van der Waals surface area contributed by atoms with Crippen molar-refractivity contribution in [3.05, 3.63) is 58.9 Å². The molecular formula is C21H26N6OS. The number of benzene rings is 1. The number of rotatable bonds is 5. The molecule has 1 aliphatic heterocycles. The maximum Gasteiger partial charge on any atom is 0.194 e. The van der Waals surface area contributed by atoms with Crippen molar-refractivity contribution in [1.82, 2.24) is 25.3 Å². The molecule has 2 aromatic heterocycles. The van der Waals surface area contributed by atoms with Crippen molar-refractivity contribution in [3.63, 3.8) is 0 Å². The summed E-state index contributed by atoms with van der Waals surface area (Å²) >= 11 is 1.74. The number of thiazole rings is 1. The zero-order valence-corrected chi connectivity index (χ0v) is 17.7. The van der Waals surface area contributed by atoms with E-state index in [9.17, 15) is 0 Å². The van der Waals surface area contributed by atoms with Gasteiger partial charge >= 0.3 is 0 Å². The lowest BCUT2D eigenvalue weighted by molar-refractivity contribution is 0.169. The van der Waals surface area contributed by atoms with Gasteiger partial charge in [-0.15, -0.1) is 11.3 Å². The summed E-state index contributed by atoms with van der Waals surface area (Å²) in [6.45, 7) is 7.48.